The lowest BCUT2D eigenvalue weighted by molar-refractivity contribution is -0.119. The number of rotatable bonds is 3. The Morgan fingerprint density at radius 3 is 2.42 bits per heavy atom. The fourth-order valence-corrected chi connectivity index (χ4v) is 3.30. The van der Waals surface area contributed by atoms with Gasteiger partial charge in [0.2, 0.25) is 11.8 Å². The molecular weight excluding hydrogens is 337 g/mol. The molecule has 0 bridgehead atoms. The van der Waals surface area contributed by atoms with E-state index < -0.39 is 18.2 Å². The third-order valence-electron chi connectivity index (χ3n) is 4.67. The number of primary amides is 1. The first-order valence-electron chi connectivity index (χ1n) is 8.23. The molecule has 1 aliphatic rings. The predicted molar refractivity (Wildman–Crippen MR) is 96.1 cm³/mol. The average Bonchev–Trinajstić information content (AvgIpc) is 2.60. The van der Waals surface area contributed by atoms with Crippen LogP contribution in [0.1, 0.15) is 35.8 Å². The van der Waals surface area contributed by atoms with E-state index >= 15 is 0 Å². The van der Waals surface area contributed by atoms with Gasteiger partial charge in [-0.3, -0.25) is 14.5 Å². The second-order valence-corrected chi connectivity index (χ2v) is 6.43. The number of fused-ring (bicyclic) bond motifs is 1. The van der Waals surface area contributed by atoms with Crippen molar-refractivity contribution in [3.05, 3.63) is 59.4 Å². The molecule has 7 heteroatoms. The molecule has 2 amide bonds. The fourth-order valence-electron chi connectivity index (χ4n) is 3.30. The number of aliphatic hydroxyl groups excluding tert-OH is 1. The fraction of sp³-hybridized carbons (Fsp3) is 0.263. The number of carbonyl (C=O) groups is 2. The van der Waals surface area contributed by atoms with Gasteiger partial charge in [-0.2, -0.15) is 0 Å². The highest BCUT2D eigenvalue weighted by molar-refractivity contribution is 5.97. The molecule has 0 unspecified atom stereocenters. The second-order valence-electron chi connectivity index (χ2n) is 6.43. The van der Waals surface area contributed by atoms with Crippen LogP contribution in [0.4, 0.5) is 15.8 Å². The Labute approximate surface area is 150 Å². The van der Waals surface area contributed by atoms with Crippen molar-refractivity contribution in [2.45, 2.75) is 26.1 Å². The van der Waals surface area contributed by atoms with E-state index in [1.54, 1.807) is 31.2 Å². The minimum atomic E-state index is -1.04. The molecule has 2 aromatic rings. The van der Waals surface area contributed by atoms with Gasteiger partial charge in [0.25, 0.3) is 0 Å². The molecule has 0 aromatic heterocycles. The van der Waals surface area contributed by atoms with E-state index in [1.807, 2.05) is 0 Å². The summed E-state index contributed by atoms with van der Waals surface area (Å²) in [5, 5.41) is 13.9. The van der Waals surface area contributed by atoms with Crippen molar-refractivity contribution >= 4 is 23.2 Å². The molecule has 0 aliphatic carbocycles. The monoisotopic (exact) mass is 357 g/mol. The van der Waals surface area contributed by atoms with Crippen LogP contribution in [-0.4, -0.2) is 23.1 Å². The smallest absolute Gasteiger partial charge is 0.248 e. The zero-order valence-electron chi connectivity index (χ0n) is 14.4. The molecule has 0 saturated carbocycles. The number of hydrogen-bond donors (Lipinski definition) is 3. The van der Waals surface area contributed by atoms with E-state index in [2.05, 4.69) is 5.32 Å². The lowest BCUT2D eigenvalue weighted by Crippen LogP contribution is -2.50. The van der Waals surface area contributed by atoms with Gasteiger partial charge in [0.15, 0.2) is 0 Å². The van der Waals surface area contributed by atoms with Crippen molar-refractivity contribution in [1.82, 2.24) is 0 Å². The maximum absolute atomic E-state index is 13.2. The van der Waals surface area contributed by atoms with Gasteiger partial charge in [-0.05, 0) is 48.0 Å². The number of carbonyl (C=O) groups excluding carboxylic acids is 2. The van der Waals surface area contributed by atoms with E-state index in [0.29, 0.717) is 22.5 Å². The molecule has 1 aliphatic heterocycles. The number of amides is 2. The van der Waals surface area contributed by atoms with E-state index in [4.69, 9.17) is 5.73 Å². The van der Waals surface area contributed by atoms with Crippen molar-refractivity contribution in [2.24, 2.45) is 11.7 Å². The SMILES string of the molecule is CC(=O)N1c2ccc(C(N)=O)cc2[C@H](Nc2ccc(F)cc2)[C@@H](C)[C@@H]1O. The van der Waals surface area contributed by atoms with Crippen LogP contribution in [0.5, 0.6) is 0 Å². The Balaban J connectivity index is 2.09. The molecule has 0 radical (unpaired) electrons. The molecule has 0 saturated heterocycles. The Morgan fingerprint density at radius 2 is 1.85 bits per heavy atom. The quantitative estimate of drug-likeness (QED) is 0.786. The predicted octanol–water partition coefficient (Wildman–Crippen LogP) is 2.40. The van der Waals surface area contributed by atoms with E-state index in [-0.39, 0.29) is 17.6 Å². The lowest BCUT2D eigenvalue weighted by Gasteiger charge is -2.43. The summed E-state index contributed by atoms with van der Waals surface area (Å²) in [5.41, 5.74) is 7.52. The van der Waals surface area contributed by atoms with Crippen LogP contribution >= 0.6 is 0 Å². The molecule has 1 heterocycles. The van der Waals surface area contributed by atoms with Crippen LogP contribution in [-0.2, 0) is 4.79 Å². The molecule has 6 nitrogen and oxygen atoms in total. The Bertz CT molecular complexity index is 854. The molecule has 136 valence electrons. The highest BCUT2D eigenvalue weighted by Gasteiger charge is 2.39. The third kappa shape index (κ3) is 3.13. The van der Waals surface area contributed by atoms with Gasteiger partial charge in [-0.25, -0.2) is 4.39 Å². The number of hydrogen-bond acceptors (Lipinski definition) is 4. The first-order chi connectivity index (χ1) is 12.3. The number of halogens is 1. The van der Waals surface area contributed by atoms with Gasteiger partial charge in [0.1, 0.15) is 12.0 Å². The van der Waals surface area contributed by atoms with Crippen LogP contribution in [0.3, 0.4) is 0 Å². The van der Waals surface area contributed by atoms with Crippen LogP contribution in [0, 0.1) is 11.7 Å². The number of anilines is 2. The summed E-state index contributed by atoms with van der Waals surface area (Å²) in [5.74, 6) is -1.63. The summed E-state index contributed by atoms with van der Waals surface area (Å²) in [4.78, 5) is 24.9. The first kappa shape index (κ1) is 17.9. The number of nitrogens with zero attached hydrogens (tertiary/aromatic N) is 1. The maximum Gasteiger partial charge on any atom is 0.248 e. The zero-order valence-corrected chi connectivity index (χ0v) is 14.4. The van der Waals surface area contributed by atoms with Gasteiger partial charge < -0.3 is 16.2 Å². The van der Waals surface area contributed by atoms with Crippen molar-refractivity contribution < 1.29 is 19.1 Å². The van der Waals surface area contributed by atoms with Gasteiger partial charge in [0, 0.05) is 24.1 Å². The minimum Gasteiger partial charge on any atom is -0.378 e. The van der Waals surface area contributed by atoms with Crippen LogP contribution in [0.25, 0.3) is 0 Å². The summed E-state index contributed by atoms with van der Waals surface area (Å²) in [6.45, 7) is 3.16. The van der Waals surface area contributed by atoms with Crippen molar-refractivity contribution in [3.8, 4) is 0 Å². The van der Waals surface area contributed by atoms with Crippen molar-refractivity contribution in [1.29, 1.82) is 0 Å². The van der Waals surface area contributed by atoms with Gasteiger partial charge in [0.05, 0.1) is 11.7 Å². The van der Waals surface area contributed by atoms with E-state index in [0.717, 1.165) is 0 Å². The van der Waals surface area contributed by atoms with Gasteiger partial charge in [-0.15, -0.1) is 0 Å². The van der Waals surface area contributed by atoms with Crippen LogP contribution in [0.2, 0.25) is 0 Å². The normalized spacial score (nSPS) is 21.8. The largest absolute Gasteiger partial charge is 0.378 e. The van der Waals surface area contributed by atoms with Crippen molar-refractivity contribution in [3.63, 3.8) is 0 Å². The summed E-state index contributed by atoms with van der Waals surface area (Å²) in [6.07, 6.45) is -1.04. The summed E-state index contributed by atoms with van der Waals surface area (Å²) in [7, 11) is 0. The number of benzene rings is 2. The number of nitrogens with two attached hydrogens (primary N) is 1. The highest BCUT2D eigenvalue weighted by atomic mass is 19.1. The zero-order chi connectivity index (χ0) is 19.0. The van der Waals surface area contributed by atoms with Gasteiger partial charge >= 0.3 is 0 Å². The topological polar surface area (TPSA) is 95.7 Å². The van der Waals surface area contributed by atoms with E-state index in [1.165, 1.54) is 30.0 Å². The second kappa shape index (κ2) is 6.76. The van der Waals surface area contributed by atoms with Gasteiger partial charge in [-0.1, -0.05) is 6.92 Å². The molecule has 26 heavy (non-hydrogen) atoms. The van der Waals surface area contributed by atoms with E-state index in [9.17, 15) is 19.1 Å². The number of nitrogens with one attached hydrogen (secondary N) is 1. The summed E-state index contributed by atoms with van der Waals surface area (Å²) in [6, 6.07) is 10.2. The highest BCUT2D eigenvalue weighted by Crippen LogP contribution is 2.42. The molecule has 0 spiro atoms. The molecule has 3 rings (SSSR count). The van der Waals surface area contributed by atoms with Crippen LogP contribution < -0.4 is 16.0 Å². The molecule has 3 atom stereocenters. The lowest BCUT2D eigenvalue weighted by atomic mass is 9.85. The molecule has 2 aromatic carbocycles. The average molecular weight is 357 g/mol. The first-order valence-corrected chi connectivity index (χ1v) is 8.23. The molecule has 4 N–H and O–H groups in total. The maximum atomic E-state index is 13.2. The minimum absolute atomic E-state index is 0.307. The van der Waals surface area contributed by atoms with Crippen molar-refractivity contribution in [2.75, 3.05) is 10.2 Å². The summed E-state index contributed by atoms with van der Waals surface area (Å²) >= 11 is 0. The number of aliphatic hydroxyl groups is 1. The molecular formula is C19H20FN3O3. The third-order valence-corrected chi connectivity index (χ3v) is 4.67. The Kier molecular flexibility index (Phi) is 4.65. The Hall–Kier alpha value is -2.93. The summed E-state index contributed by atoms with van der Waals surface area (Å²) < 4.78 is 13.2. The molecule has 0 fully saturated rings. The van der Waals surface area contributed by atoms with Crippen LogP contribution in [0.15, 0.2) is 42.5 Å². The standard InChI is InChI=1S/C19H20FN3O3/c1-10-17(22-14-6-4-13(20)5-7-14)15-9-12(18(21)25)3-8-16(15)23(11(2)24)19(10)26/h3-10,17,19,22,26H,1-2H3,(H2,21,25)/t10-,17-,19+/m1/s1. The Morgan fingerprint density at radius 1 is 1.19 bits per heavy atom.